The molecular formula is C19H28N2O3. The number of nitrogens with zero attached hydrogens (tertiary/aromatic N) is 1. The fourth-order valence-corrected chi connectivity index (χ4v) is 3.27. The van der Waals surface area contributed by atoms with Crippen LogP contribution in [0.5, 0.6) is 0 Å². The molecule has 3 rings (SSSR count). The zero-order chi connectivity index (χ0) is 17.0. The Morgan fingerprint density at radius 3 is 2.71 bits per heavy atom. The average molecular weight is 332 g/mol. The number of aryl methyl sites for hydroxylation is 1. The van der Waals surface area contributed by atoms with E-state index in [4.69, 9.17) is 0 Å². The maximum Gasteiger partial charge on any atom is 0.222 e. The molecule has 1 saturated carbocycles. The van der Waals surface area contributed by atoms with E-state index >= 15 is 0 Å². The zero-order valence-corrected chi connectivity index (χ0v) is 14.2. The normalized spacial score (nSPS) is 27.2. The second-order valence-electron chi connectivity index (χ2n) is 7.27. The molecule has 2 atom stereocenters. The van der Waals surface area contributed by atoms with Crippen LogP contribution in [0.4, 0.5) is 0 Å². The summed E-state index contributed by atoms with van der Waals surface area (Å²) in [5, 5.41) is 24.2. The molecule has 1 amide bonds. The summed E-state index contributed by atoms with van der Waals surface area (Å²) >= 11 is 0. The third-order valence-corrected chi connectivity index (χ3v) is 5.21. The van der Waals surface area contributed by atoms with Gasteiger partial charge in [0, 0.05) is 26.1 Å². The lowest BCUT2D eigenvalue weighted by atomic mass is 9.88. The molecule has 5 heteroatoms. The van der Waals surface area contributed by atoms with Crippen molar-refractivity contribution >= 4 is 5.91 Å². The van der Waals surface area contributed by atoms with Gasteiger partial charge < -0.3 is 20.4 Å². The van der Waals surface area contributed by atoms with E-state index in [-0.39, 0.29) is 12.5 Å². The molecule has 0 aromatic heterocycles. The van der Waals surface area contributed by atoms with E-state index in [2.05, 4.69) is 5.32 Å². The summed E-state index contributed by atoms with van der Waals surface area (Å²) in [4.78, 5) is 14.0. The third-order valence-electron chi connectivity index (χ3n) is 5.21. The van der Waals surface area contributed by atoms with Crippen molar-refractivity contribution < 1.29 is 15.0 Å². The van der Waals surface area contributed by atoms with Crippen LogP contribution in [0, 0.1) is 5.92 Å². The molecule has 1 aromatic carbocycles. The van der Waals surface area contributed by atoms with Gasteiger partial charge in [0.1, 0.15) is 11.7 Å². The van der Waals surface area contributed by atoms with Crippen LogP contribution in [0.25, 0.3) is 0 Å². The van der Waals surface area contributed by atoms with Crippen molar-refractivity contribution in [2.45, 2.75) is 43.8 Å². The number of carbonyl (C=O) groups is 1. The maximum absolute atomic E-state index is 12.4. The molecule has 0 radical (unpaired) electrons. The van der Waals surface area contributed by atoms with Gasteiger partial charge in [0.25, 0.3) is 0 Å². The van der Waals surface area contributed by atoms with Gasteiger partial charge in [0.15, 0.2) is 0 Å². The largest absolute Gasteiger partial charge is 0.388 e. The lowest BCUT2D eigenvalue weighted by molar-refractivity contribution is -0.148. The van der Waals surface area contributed by atoms with E-state index in [1.165, 1.54) is 12.8 Å². The SMILES string of the molecule is O=C(CCc1ccccc1)N1CC[C@](O)(CNCC2CC2)[C@@H](O)C1. The van der Waals surface area contributed by atoms with Gasteiger partial charge in [-0.15, -0.1) is 0 Å². The summed E-state index contributed by atoms with van der Waals surface area (Å²) in [6, 6.07) is 9.94. The van der Waals surface area contributed by atoms with Gasteiger partial charge in [0.05, 0.1) is 0 Å². The van der Waals surface area contributed by atoms with Crippen molar-refractivity contribution in [3.63, 3.8) is 0 Å². The Morgan fingerprint density at radius 1 is 1.29 bits per heavy atom. The molecular weight excluding hydrogens is 304 g/mol. The molecule has 1 aliphatic heterocycles. The Morgan fingerprint density at radius 2 is 2.04 bits per heavy atom. The molecule has 0 spiro atoms. The van der Waals surface area contributed by atoms with Gasteiger partial charge >= 0.3 is 0 Å². The molecule has 1 aromatic rings. The number of piperidine rings is 1. The fraction of sp³-hybridized carbons (Fsp3) is 0.632. The van der Waals surface area contributed by atoms with Crippen molar-refractivity contribution in [1.82, 2.24) is 10.2 Å². The number of aliphatic hydroxyl groups excluding tert-OH is 1. The number of nitrogens with one attached hydrogen (secondary N) is 1. The second kappa shape index (κ2) is 7.64. The lowest BCUT2D eigenvalue weighted by Crippen LogP contribution is -2.60. The number of rotatable bonds is 7. The number of carbonyl (C=O) groups excluding carboxylic acids is 1. The summed E-state index contributed by atoms with van der Waals surface area (Å²) < 4.78 is 0. The van der Waals surface area contributed by atoms with E-state index in [1.807, 2.05) is 30.3 Å². The Bertz CT molecular complexity index is 547. The van der Waals surface area contributed by atoms with Gasteiger partial charge in [-0.05, 0) is 43.7 Å². The van der Waals surface area contributed by atoms with Crippen LogP contribution in [0.2, 0.25) is 0 Å². The van der Waals surface area contributed by atoms with Gasteiger partial charge in [-0.1, -0.05) is 30.3 Å². The van der Waals surface area contributed by atoms with E-state index < -0.39 is 11.7 Å². The summed E-state index contributed by atoms with van der Waals surface area (Å²) in [7, 11) is 0. The van der Waals surface area contributed by atoms with Crippen LogP contribution in [0.1, 0.15) is 31.2 Å². The quantitative estimate of drug-likeness (QED) is 0.695. The van der Waals surface area contributed by atoms with Crippen molar-refractivity contribution in [3.05, 3.63) is 35.9 Å². The standard InChI is InChI=1S/C19H28N2O3/c22-17-13-21(18(23)9-8-15-4-2-1-3-5-15)11-10-19(17,24)14-20-12-16-6-7-16/h1-5,16-17,20,22,24H,6-14H2/t17-,19-/m0/s1. The minimum absolute atomic E-state index is 0.0471. The molecule has 0 unspecified atom stereocenters. The van der Waals surface area contributed by atoms with E-state index in [1.54, 1.807) is 4.90 Å². The summed E-state index contributed by atoms with van der Waals surface area (Å²) in [6.45, 7) is 2.03. The van der Waals surface area contributed by atoms with E-state index in [0.717, 1.165) is 18.0 Å². The second-order valence-corrected chi connectivity index (χ2v) is 7.27. The van der Waals surface area contributed by atoms with Crippen molar-refractivity contribution in [3.8, 4) is 0 Å². The van der Waals surface area contributed by atoms with Crippen LogP contribution in [0.3, 0.4) is 0 Å². The topological polar surface area (TPSA) is 72.8 Å². The van der Waals surface area contributed by atoms with Gasteiger partial charge in [0.2, 0.25) is 5.91 Å². The predicted octanol–water partition coefficient (Wildman–Crippen LogP) is 0.943. The molecule has 2 aliphatic rings. The van der Waals surface area contributed by atoms with Crippen molar-refractivity contribution in [2.75, 3.05) is 26.2 Å². The summed E-state index contributed by atoms with van der Waals surface area (Å²) in [5.41, 5.74) is 0.0228. The van der Waals surface area contributed by atoms with Crippen LogP contribution < -0.4 is 5.32 Å². The fourth-order valence-electron chi connectivity index (χ4n) is 3.27. The van der Waals surface area contributed by atoms with E-state index in [9.17, 15) is 15.0 Å². The first-order chi connectivity index (χ1) is 11.6. The molecule has 2 fully saturated rings. The van der Waals surface area contributed by atoms with Gasteiger partial charge in [-0.3, -0.25) is 4.79 Å². The highest BCUT2D eigenvalue weighted by Gasteiger charge is 2.41. The number of β-amino-alcohol motifs (C(OH)–C–C–N with tert-alkyl or cyclic N) is 1. The van der Waals surface area contributed by atoms with Gasteiger partial charge in [-0.2, -0.15) is 0 Å². The average Bonchev–Trinajstić information content (AvgIpc) is 3.40. The van der Waals surface area contributed by atoms with E-state index in [0.29, 0.717) is 32.4 Å². The Kier molecular flexibility index (Phi) is 5.54. The molecule has 0 bridgehead atoms. The highest BCUT2D eigenvalue weighted by molar-refractivity contribution is 5.76. The summed E-state index contributed by atoms with van der Waals surface area (Å²) in [6.07, 6.45) is 3.20. The third kappa shape index (κ3) is 4.56. The van der Waals surface area contributed by atoms with Crippen molar-refractivity contribution in [2.24, 2.45) is 5.92 Å². The lowest BCUT2D eigenvalue weighted by Gasteiger charge is -2.42. The maximum atomic E-state index is 12.4. The summed E-state index contributed by atoms with van der Waals surface area (Å²) in [5.74, 6) is 0.788. The van der Waals surface area contributed by atoms with Crippen LogP contribution in [-0.2, 0) is 11.2 Å². The first kappa shape index (κ1) is 17.4. The Balaban J connectivity index is 1.44. The zero-order valence-electron chi connectivity index (χ0n) is 14.2. The monoisotopic (exact) mass is 332 g/mol. The molecule has 1 heterocycles. The number of benzene rings is 1. The minimum Gasteiger partial charge on any atom is -0.388 e. The smallest absolute Gasteiger partial charge is 0.222 e. The first-order valence-corrected chi connectivity index (χ1v) is 9.00. The Hall–Kier alpha value is -1.43. The van der Waals surface area contributed by atoms with Crippen LogP contribution in [-0.4, -0.2) is 58.9 Å². The number of amides is 1. The highest BCUT2D eigenvalue weighted by atomic mass is 16.3. The number of hydrogen-bond donors (Lipinski definition) is 3. The predicted molar refractivity (Wildman–Crippen MR) is 92.5 cm³/mol. The van der Waals surface area contributed by atoms with Crippen molar-refractivity contribution in [1.29, 1.82) is 0 Å². The minimum atomic E-state index is -1.12. The highest BCUT2D eigenvalue weighted by Crippen LogP contribution is 2.28. The molecule has 1 saturated heterocycles. The molecule has 5 nitrogen and oxygen atoms in total. The molecule has 3 N–H and O–H groups in total. The number of likely N-dealkylation sites (tertiary alicyclic amines) is 1. The van der Waals surface area contributed by atoms with Gasteiger partial charge in [-0.25, -0.2) is 0 Å². The van der Waals surface area contributed by atoms with Crippen LogP contribution >= 0.6 is 0 Å². The molecule has 24 heavy (non-hydrogen) atoms. The number of hydrogen-bond acceptors (Lipinski definition) is 4. The first-order valence-electron chi connectivity index (χ1n) is 9.00. The molecule has 132 valence electrons. The van der Waals surface area contributed by atoms with Crippen LogP contribution in [0.15, 0.2) is 30.3 Å². The Labute approximate surface area is 143 Å². The number of aliphatic hydroxyl groups is 2. The molecule has 1 aliphatic carbocycles.